The first-order valence-corrected chi connectivity index (χ1v) is 10.4. The Hall–Kier alpha value is -0.930. The normalized spacial score (nSPS) is 25.9. The van der Waals surface area contributed by atoms with Gasteiger partial charge in [-0.3, -0.25) is 4.90 Å². The van der Waals surface area contributed by atoms with Gasteiger partial charge < -0.3 is 0 Å². The van der Waals surface area contributed by atoms with Gasteiger partial charge in [-0.05, 0) is 44.4 Å². The molecule has 1 saturated heterocycles. The molecular formula is C20H29NOS. The molecule has 3 atom stereocenters. The van der Waals surface area contributed by atoms with E-state index in [2.05, 4.69) is 17.9 Å². The van der Waals surface area contributed by atoms with E-state index in [0.717, 1.165) is 11.3 Å². The molecule has 0 aliphatic carbocycles. The van der Waals surface area contributed by atoms with Crippen LogP contribution in [-0.2, 0) is 10.8 Å². The quantitative estimate of drug-likeness (QED) is 0.663. The van der Waals surface area contributed by atoms with Gasteiger partial charge in [-0.1, -0.05) is 56.9 Å². The molecule has 0 radical (unpaired) electrons. The average molecular weight is 332 g/mol. The molecule has 1 unspecified atom stereocenters. The molecule has 1 aromatic rings. The second-order valence-corrected chi connectivity index (χ2v) is 8.40. The van der Waals surface area contributed by atoms with Crippen LogP contribution in [0.3, 0.4) is 0 Å². The van der Waals surface area contributed by atoms with Gasteiger partial charge in [-0.25, -0.2) is 4.21 Å². The zero-order valence-corrected chi connectivity index (χ0v) is 15.1. The highest BCUT2D eigenvalue weighted by Crippen LogP contribution is 2.35. The zero-order chi connectivity index (χ0) is 16.1. The molecule has 3 heteroatoms. The molecule has 0 bridgehead atoms. The van der Waals surface area contributed by atoms with E-state index in [0.29, 0.717) is 12.1 Å². The Balaban J connectivity index is 1.72. The summed E-state index contributed by atoms with van der Waals surface area (Å²) in [5.74, 6) is 0. The van der Waals surface area contributed by atoms with Crippen molar-refractivity contribution in [1.82, 2.24) is 4.90 Å². The summed E-state index contributed by atoms with van der Waals surface area (Å²) in [6.45, 7) is 3.49. The molecule has 3 rings (SSSR count). The monoisotopic (exact) mass is 331 g/mol. The first kappa shape index (κ1) is 16.9. The van der Waals surface area contributed by atoms with Crippen LogP contribution >= 0.6 is 0 Å². The number of unbranched alkanes of at least 4 members (excludes halogenated alkanes) is 3. The summed E-state index contributed by atoms with van der Waals surface area (Å²) < 4.78 is 12.9. The molecule has 0 saturated carbocycles. The van der Waals surface area contributed by atoms with Crippen LogP contribution in [0.15, 0.2) is 46.2 Å². The largest absolute Gasteiger partial charge is 0.294 e. The molecule has 2 nitrogen and oxygen atoms in total. The van der Waals surface area contributed by atoms with Gasteiger partial charge >= 0.3 is 0 Å². The smallest absolute Gasteiger partial charge is 0.0806 e. The van der Waals surface area contributed by atoms with Crippen molar-refractivity contribution < 1.29 is 4.21 Å². The third-order valence-electron chi connectivity index (χ3n) is 5.21. The fraction of sp³-hybridized carbons (Fsp3) is 0.600. The Labute approximate surface area is 143 Å². The van der Waals surface area contributed by atoms with Crippen LogP contribution in [0, 0.1) is 0 Å². The van der Waals surface area contributed by atoms with Crippen LogP contribution in [0.1, 0.15) is 58.3 Å². The first-order chi connectivity index (χ1) is 11.3. The summed E-state index contributed by atoms with van der Waals surface area (Å²) in [7, 11) is -0.974. The van der Waals surface area contributed by atoms with Crippen LogP contribution in [0.25, 0.3) is 0 Å². The summed E-state index contributed by atoms with van der Waals surface area (Å²) in [6, 6.07) is 11.1. The van der Waals surface area contributed by atoms with E-state index in [9.17, 15) is 4.21 Å². The Kier molecular flexibility index (Phi) is 6.07. The number of hydrogen-bond acceptors (Lipinski definition) is 2. The molecule has 23 heavy (non-hydrogen) atoms. The van der Waals surface area contributed by atoms with Crippen LogP contribution in [0.2, 0.25) is 0 Å². The van der Waals surface area contributed by atoms with E-state index in [1.807, 2.05) is 30.3 Å². The van der Waals surface area contributed by atoms with E-state index < -0.39 is 10.8 Å². The third-order valence-corrected chi connectivity index (χ3v) is 6.69. The Morgan fingerprint density at radius 1 is 1.17 bits per heavy atom. The maximum Gasteiger partial charge on any atom is 0.0806 e. The van der Waals surface area contributed by atoms with E-state index in [4.69, 9.17) is 0 Å². The second kappa shape index (κ2) is 8.25. The maximum atomic E-state index is 12.9. The van der Waals surface area contributed by atoms with Crippen molar-refractivity contribution in [2.75, 3.05) is 6.54 Å². The molecule has 1 aromatic carbocycles. The Morgan fingerprint density at radius 3 is 2.78 bits per heavy atom. The van der Waals surface area contributed by atoms with Crippen LogP contribution in [0.5, 0.6) is 0 Å². The summed E-state index contributed by atoms with van der Waals surface area (Å²) >= 11 is 0. The number of benzene rings is 1. The maximum absolute atomic E-state index is 12.9. The van der Waals surface area contributed by atoms with Crippen molar-refractivity contribution in [3.8, 4) is 0 Å². The predicted octanol–water partition coefficient (Wildman–Crippen LogP) is 4.89. The molecule has 2 aliphatic rings. The number of hydrogen-bond donors (Lipinski definition) is 0. The lowest BCUT2D eigenvalue weighted by Crippen LogP contribution is -2.41. The van der Waals surface area contributed by atoms with Gasteiger partial charge in [-0.2, -0.15) is 0 Å². The molecule has 0 spiro atoms. The summed E-state index contributed by atoms with van der Waals surface area (Å²) in [5.41, 5.74) is 0. The molecule has 2 heterocycles. The lowest BCUT2D eigenvalue weighted by atomic mass is 9.99. The lowest BCUT2D eigenvalue weighted by Gasteiger charge is -2.36. The summed E-state index contributed by atoms with van der Waals surface area (Å²) in [4.78, 5) is 4.80. The van der Waals surface area contributed by atoms with Gasteiger partial charge in [0.25, 0.3) is 0 Å². The molecule has 0 N–H and O–H groups in total. The van der Waals surface area contributed by atoms with Crippen LogP contribution < -0.4 is 0 Å². The molecule has 2 aliphatic heterocycles. The zero-order valence-electron chi connectivity index (χ0n) is 14.2. The highest BCUT2D eigenvalue weighted by molar-refractivity contribution is 7.89. The fourth-order valence-corrected chi connectivity index (χ4v) is 5.32. The van der Waals surface area contributed by atoms with Gasteiger partial charge in [0.05, 0.1) is 10.8 Å². The first-order valence-electron chi connectivity index (χ1n) is 9.23. The van der Waals surface area contributed by atoms with Crippen molar-refractivity contribution in [3.05, 3.63) is 41.3 Å². The summed E-state index contributed by atoms with van der Waals surface area (Å²) in [6.07, 6.45) is 12.4. The van der Waals surface area contributed by atoms with Gasteiger partial charge in [0, 0.05) is 21.9 Å². The highest BCUT2D eigenvalue weighted by Gasteiger charge is 2.35. The van der Waals surface area contributed by atoms with Crippen molar-refractivity contribution in [3.63, 3.8) is 0 Å². The predicted molar refractivity (Wildman–Crippen MR) is 97.8 cm³/mol. The number of rotatable bonds is 7. The SMILES string of the molecule is CCCCCC[C@@H]1C=C(S(=O)c2ccccc2)C[C@@H]2CCCN21. The van der Waals surface area contributed by atoms with Gasteiger partial charge in [-0.15, -0.1) is 0 Å². The van der Waals surface area contributed by atoms with Crippen molar-refractivity contribution in [2.24, 2.45) is 0 Å². The molecule has 0 aromatic heterocycles. The topological polar surface area (TPSA) is 20.3 Å². The van der Waals surface area contributed by atoms with E-state index in [1.165, 1.54) is 56.4 Å². The fourth-order valence-electron chi connectivity index (χ4n) is 3.99. The van der Waals surface area contributed by atoms with Crippen molar-refractivity contribution >= 4 is 10.8 Å². The minimum Gasteiger partial charge on any atom is -0.294 e. The van der Waals surface area contributed by atoms with Gasteiger partial charge in [0.2, 0.25) is 0 Å². The molecule has 0 amide bonds. The molecule has 126 valence electrons. The number of fused-ring (bicyclic) bond motifs is 1. The van der Waals surface area contributed by atoms with E-state index in [-0.39, 0.29) is 0 Å². The Bertz CT molecular complexity index is 554. The minimum atomic E-state index is -0.974. The van der Waals surface area contributed by atoms with Crippen molar-refractivity contribution in [1.29, 1.82) is 0 Å². The molecule has 1 fully saturated rings. The summed E-state index contributed by atoms with van der Waals surface area (Å²) in [5, 5.41) is 0. The third kappa shape index (κ3) is 4.13. The van der Waals surface area contributed by atoms with Gasteiger partial charge in [0.1, 0.15) is 0 Å². The highest BCUT2D eigenvalue weighted by atomic mass is 32.2. The second-order valence-electron chi connectivity index (χ2n) is 6.87. The molecular weight excluding hydrogens is 302 g/mol. The van der Waals surface area contributed by atoms with Crippen LogP contribution in [-0.4, -0.2) is 27.7 Å². The average Bonchev–Trinajstić information content (AvgIpc) is 3.07. The van der Waals surface area contributed by atoms with E-state index >= 15 is 0 Å². The minimum absolute atomic E-state index is 0.510. The van der Waals surface area contributed by atoms with E-state index in [1.54, 1.807) is 0 Å². The van der Waals surface area contributed by atoms with Gasteiger partial charge in [0.15, 0.2) is 0 Å². The Morgan fingerprint density at radius 2 is 2.00 bits per heavy atom. The lowest BCUT2D eigenvalue weighted by molar-refractivity contribution is 0.187. The standard InChI is InChI=1S/C20H29NOS/c1-2-3-4-6-10-17-15-20(16-18-11-9-14-21(17)18)23(22)19-12-7-5-8-13-19/h5,7-8,12-13,15,17-18H,2-4,6,9-11,14,16H2,1H3/t17-,18+,23?/m1/s1. The van der Waals surface area contributed by atoms with Crippen LogP contribution in [0.4, 0.5) is 0 Å². The number of nitrogens with zero attached hydrogens (tertiary/aromatic N) is 1. The van der Waals surface area contributed by atoms with Crippen molar-refractivity contribution in [2.45, 2.75) is 75.3 Å².